The first-order valence-corrected chi connectivity index (χ1v) is 12.9. The Kier molecular flexibility index (Phi) is 10.1. The summed E-state index contributed by atoms with van der Waals surface area (Å²) < 4.78 is 10.5. The van der Waals surface area contributed by atoms with E-state index >= 15 is 0 Å². The highest BCUT2D eigenvalue weighted by molar-refractivity contribution is 7.80. The summed E-state index contributed by atoms with van der Waals surface area (Å²) in [5.41, 5.74) is 4.06. The number of thiocarbonyl (C=S) groups is 1. The monoisotopic (exact) mass is 497 g/mol. The molecule has 1 N–H and O–H groups in total. The highest BCUT2D eigenvalue weighted by Crippen LogP contribution is 2.23. The maximum absolute atomic E-state index is 11.9. The summed E-state index contributed by atoms with van der Waals surface area (Å²) in [7, 11) is 0. The molecule has 0 spiro atoms. The van der Waals surface area contributed by atoms with Crippen LogP contribution in [-0.2, 0) is 21.4 Å². The van der Waals surface area contributed by atoms with E-state index in [1.54, 1.807) is 19.1 Å². The van der Waals surface area contributed by atoms with Crippen molar-refractivity contribution >= 4 is 29.0 Å². The minimum absolute atomic E-state index is 0.128. The van der Waals surface area contributed by atoms with Crippen LogP contribution < -0.4 is 5.32 Å². The number of carbonyl (C=O) groups is 1. The second-order valence-corrected chi connectivity index (χ2v) is 10.3. The van der Waals surface area contributed by atoms with Crippen molar-refractivity contribution in [2.45, 2.75) is 46.1 Å². The third-order valence-electron chi connectivity index (χ3n) is 6.13. The van der Waals surface area contributed by atoms with Crippen LogP contribution in [-0.4, -0.2) is 66.9 Å². The van der Waals surface area contributed by atoms with Gasteiger partial charge in [-0.05, 0) is 66.4 Å². The van der Waals surface area contributed by atoms with Crippen LogP contribution in [0, 0.1) is 0 Å². The fourth-order valence-corrected chi connectivity index (χ4v) is 4.27. The van der Waals surface area contributed by atoms with Gasteiger partial charge in [-0.3, -0.25) is 4.90 Å². The van der Waals surface area contributed by atoms with Gasteiger partial charge in [-0.1, -0.05) is 45.0 Å². The lowest BCUT2D eigenvalue weighted by Crippen LogP contribution is -2.40. The molecule has 0 radical (unpaired) electrons. The van der Waals surface area contributed by atoms with Gasteiger partial charge in [-0.25, -0.2) is 4.79 Å². The van der Waals surface area contributed by atoms with Gasteiger partial charge in [0.15, 0.2) is 5.11 Å². The zero-order valence-corrected chi connectivity index (χ0v) is 22.3. The molecule has 3 rings (SSSR count). The average Bonchev–Trinajstić information content (AvgIpc) is 2.84. The van der Waals surface area contributed by atoms with Crippen LogP contribution in [0.2, 0.25) is 0 Å². The molecule has 1 saturated heterocycles. The molecule has 6 nitrogen and oxygen atoms in total. The number of benzene rings is 2. The number of hydrogen-bond acceptors (Lipinski definition) is 5. The number of rotatable bonds is 9. The van der Waals surface area contributed by atoms with Crippen LogP contribution in [0.1, 0.15) is 55.6 Å². The van der Waals surface area contributed by atoms with Gasteiger partial charge < -0.3 is 19.7 Å². The predicted octanol–water partition coefficient (Wildman–Crippen LogP) is 5.08. The third-order valence-corrected chi connectivity index (χ3v) is 6.49. The van der Waals surface area contributed by atoms with Crippen molar-refractivity contribution in [3.05, 3.63) is 65.2 Å². The first kappa shape index (κ1) is 27.1. The van der Waals surface area contributed by atoms with E-state index in [0.717, 1.165) is 58.0 Å². The number of hydrogen-bond donors (Lipinski definition) is 1. The molecule has 0 aliphatic carbocycles. The molecule has 1 aliphatic rings. The number of ether oxygens (including phenoxy) is 2. The van der Waals surface area contributed by atoms with E-state index < -0.39 is 0 Å². The van der Waals surface area contributed by atoms with E-state index in [1.807, 2.05) is 12.1 Å². The zero-order chi connectivity index (χ0) is 25.3. The first-order chi connectivity index (χ1) is 16.8. The predicted molar refractivity (Wildman–Crippen MR) is 146 cm³/mol. The van der Waals surface area contributed by atoms with Crippen LogP contribution in [0.3, 0.4) is 0 Å². The molecule has 2 aromatic rings. The minimum atomic E-state index is -0.315. The molecule has 2 aromatic carbocycles. The lowest BCUT2D eigenvalue weighted by Gasteiger charge is -2.30. The van der Waals surface area contributed by atoms with E-state index in [4.69, 9.17) is 21.7 Å². The second-order valence-electron chi connectivity index (χ2n) is 9.90. The van der Waals surface area contributed by atoms with Gasteiger partial charge in [0, 0.05) is 38.4 Å². The molecule has 0 aromatic heterocycles. The van der Waals surface area contributed by atoms with Gasteiger partial charge in [-0.2, -0.15) is 0 Å². The zero-order valence-electron chi connectivity index (χ0n) is 21.5. The summed E-state index contributed by atoms with van der Waals surface area (Å²) in [6, 6.07) is 16.1. The number of carbonyl (C=O) groups excluding carboxylic acids is 1. The van der Waals surface area contributed by atoms with E-state index in [2.05, 4.69) is 60.2 Å². The molecular weight excluding hydrogens is 458 g/mol. The van der Waals surface area contributed by atoms with Gasteiger partial charge in [-0.15, -0.1) is 0 Å². The molecule has 7 heteroatoms. The van der Waals surface area contributed by atoms with Gasteiger partial charge >= 0.3 is 5.97 Å². The van der Waals surface area contributed by atoms with E-state index in [1.165, 1.54) is 11.1 Å². The summed E-state index contributed by atoms with van der Waals surface area (Å²) in [4.78, 5) is 16.6. The van der Waals surface area contributed by atoms with Gasteiger partial charge in [0.25, 0.3) is 0 Å². The van der Waals surface area contributed by atoms with E-state index in [0.29, 0.717) is 17.3 Å². The molecule has 0 saturated carbocycles. The van der Waals surface area contributed by atoms with Crippen molar-refractivity contribution < 1.29 is 14.3 Å². The number of morpholine rings is 1. The van der Waals surface area contributed by atoms with Crippen LogP contribution >= 0.6 is 12.2 Å². The summed E-state index contributed by atoms with van der Waals surface area (Å²) in [6.45, 7) is 15.1. The van der Waals surface area contributed by atoms with Gasteiger partial charge in [0.2, 0.25) is 0 Å². The molecule has 190 valence electrons. The maximum atomic E-state index is 11.9. The molecule has 0 atom stereocenters. The normalized spacial score (nSPS) is 14.4. The molecule has 0 amide bonds. The minimum Gasteiger partial charge on any atom is -0.462 e. The van der Waals surface area contributed by atoms with Crippen molar-refractivity contribution in [3.63, 3.8) is 0 Å². The maximum Gasteiger partial charge on any atom is 0.338 e. The number of nitrogens with zero attached hydrogens (tertiary/aromatic N) is 2. The number of anilines is 1. The topological polar surface area (TPSA) is 54.0 Å². The Hall–Kier alpha value is -2.48. The third kappa shape index (κ3) is 8.60. The highest BCUT2D eigenvalue weighted by Gasteiger charge is 2.16. The summed E-state index contributed by atoms with van der Waals surface area (Å²) in [5.74, 6) is -0.315. The molecule has 35 heavy (non-hydrogen) atoms. The second kappa shape index (κ2) is 13.0. The van der Waals surface area contributed by atoms with Crippen molar-refractivity contribution in [1.29, 1.82) is 0 Å². The van der Waals surface area contributed by atoms with E-state index in [-0.39, 0.29) is 11.4 Å². The Morgan fingerprint density at radius 1 is 1.09 bits per heavy atom. The molecular formula is C28H39N3O3S. The van der Waals surface area contributed by atoms with Crippen molar-refractivity contribution in [2.24, 2.45) is 0 Å². The van der Waals surface area contributed by atoms with E-state index in [9.17, 15) is 4.79 Å². The van der Waals surface area contributed by atoms with Crippen LogP contribution in [0.25, 0.3) is 0 Å². The molecule has 0 bridgehead atoms. The van der Waals surface area contributed by atoms with Crippen LogP contribution in [0.4, 0.5) is 5.69 Å². The van der Waals surface area contributed by atoms with Gasteiger partial charge in [0.05, 0.1) is 25.4 Å². The Bertz CT molecular complexity index is 949. The van der Waals surface area contributed by atoms with Gasteiger partial charge in [0.1, 0.15) is 0 Å². The SMILES string of the molecule is CCOC(=O)c1ccc(NC(=S)N(CCCN2CCOCC2)Cc2ccc(C(C)(C)C)cc2)cc1. The van der Waals surface area contributed by atoms with Crippen LogP contribution in [0.5, 0.6) is 0 Å². The number of nitrogens with one attached hydrogen (secondary N) is 1. The fraction of sp³-hybridized carbons (Fsp3) is 0.500. The summed E-state index contributed by atoms with van der Waals surface area (Å²) in [6.07, 6.45) is 1.02. The Labute approximate surface area is 215 Å². The number of esters is 1. The Morgan fingerprint density at radius 3 is 2.34 bits per heavy atom. The molecule has 0 unspecified atom stereocenters. The molecule has 1 fully saturated rings. The van der Waals surface area contributed by atoms with Crippen LogP contribution in [0.15, 0.2) is 48.5 Å². The molecule has 1 heterocycles. The fourth-order valence-electron chi connectivity index (χ4n) is 4.00. The van der Waals surface area contributed by atoms with Crippen molar-refractivity contribution in [1.82, 2.24) is 9.80 Å². The lowest BCUT2D eigenvalue weighted by atomic mass is 9.87. The van der Waals surface area contributed by atoms with Crippen molar-refractivity contribution in [2.75, 3.05) is 51.3 Å². The standard InChI is InChI=1S/C28H39N3O3S/c1-5-34-26(32)23-9-13-25(14-10-23)29-27(35)31(16-6-15-30-17-19-33-20-18-30)21-22-7-11-24(12-8-22)28(2,3)4/h7-14H,5-6,15-21H2,1-4H3,(H,29,35). The highest BCUT2D eigenvalue weighted by atomic mass is 32.1. The summed E-state index contributed by atoms with van der Waals surface area (Å²) >= 11 is 5.83. The summed E-state index contributed by atoms with van der Waals surface area (Å²) in [5, 5.41) is 4.03. The Morgan fingerprint density at radius 2 is 1.74 bits per heavy atom. The molecule has 1 aliphatic heterocycles. The average molecular weight is 498 g/mol. The Balaban J connectivity index is 1.65. The van der Waals surface area contributed by atoms with Crippen molar-refractivity contribution in [3.8, 4) is 0 Å². The first-order valence-electron chi connectivity index (χ1n) is 12.5. The quantitative estimate of drug-likeness (QED) is 0.383. The lowest BCUT2D eigenvalue weighted by molar-refractivity contribution is 0.0367. The largest absolute Gasteiger partial charge is 0.462 e. The smallest absolute Gasteiger partial charge is 0.338 e.